The monoisotopic (exact) mass is 290 g/mol. The predicted octanol–water partition coefficient (Wildman–Crippen LogP) is -1.34. The van der Waals surface area contributed by atoms with E-state index in [1.807, 2.05) is 0 Å². The molecule has 0 saturated carbocycles. The van der Waals surface area contributed by atoms with E-state index >= 15 is 0 Å². The van der Waals surface area contributed by atoms with Crippen LogP contribution < -0.4 is 34.7 Å². The summed E-state index contributed by atoms with van der Waals surface area (Å²) < 4.78 is 0. The van der Waals surface area contributed by atoms with E-state index in [0.717, 1.165) is 0 Å². The van der Waals surface area contributed by atoms with Crippen molar-refractivity contribution in [3.05, 3.63) is 58.4 Å². The van der Waals surface area contributed by atoms with Gasteiger partial charge in [-0.3, -0.25) is 15.1 Å². The number of non-ortho nitro benzene ring substituents is 1. The number of fused-ring (bicyclic) bond motifs is 3. The van der Waals surface area contributed by atoms with E-state index in [1.165, 1.54) is 30.6 Å². The quantitative estimate of drug-likeness (QED) is 0.252. The Hall–Kier alpha value is -2.02. The average Bonchev–Trinajstić information content (AvgIpc) is 2.45. The van der Waals surface area contributed by atoms with Crippen molar-refractivity contribution in [2.24, 2.45) is 0 Å². The summed E-state index contributed by atoms with van der Waals surface area (Å²) in [5.74, 6) is -1.32. The maximum absolute atomic E-state index is 11.1. The second kappa shape index (κ2) is 5.77. The van der Waals surface area contributed by atoms with Crippen molar-refractivity contribution in [2.75, 3.05) is 0 Å². The molecule has 1 aromatic heterocycles. The fourth-order valence-electron chi connectivity index (χ4n) is 2.26. The minimum atomic E-state index is -1.32. The Kier molecular flexibility index (Phi) is 4.22. The van der Waals surface area contributed by atoms with Gasteiger partial charge in [-0.15, -0.1) is 0 Å². The van der Waals surface area contributed by atoms with Crippen molar-refractivity contribution in [2.45, 2.75) is 0 Å². The number of aromatic carboxylic acids is 1. The number of nitrogens with zero attached hydrogens (tertiary/aromatic N) is 2. The Morgan fingerprint density at radius 3 is 2.52 bits per heavy atom. The predicted molar refractivity (Wildman–Crippen MR) is 70.2 cm³/mol. The van der Waals surface area contributed by atoms with Gasteiger partial charge in [0.15, 0.2) is 0 Å². The van der Waals surface area contributed by atoms with Crippen molar-refractivity contribution in [3.8, 4) is 0 Å². The Morgan fingerprint density at radius 2 is 1.86 bits per heavy atom. The zero-order valence-electron chi connectivity index (χ0n) is 11.1. The molecule has 3 rings (SSSR count). The van der Waals surface area contributed by atoms with Crippen LogP contribution in [0.2, 0.25) is 0 Å². The van der Waals surface area contributed by atoms with E-state index in [0.29, 0.717) is 21.5 Å². The number of carbonyl (C=O) groups is 1. The van der Waals surface area contributed by atoms with Crippen molar-refractivity contribution < 1.29 is 44.4 Å². The van der Waals surface area contributed by atoms with E-state index in [9.17, 15) is 20.0 Å². The standard InChI is InChI=1S/C14H8N2O4.Na/c17-14(18)8-1-2-10-9(5-8)6-13(16(19)20)11-3-4-15-7-12(10)11;/h1-7H,(H,17,18);/q;+1/p-1. The molecule has 21 heavy (non-hydrogen) atoms. The summed E-state index contributed by atoms with van der Waals surface area (Å²) in [6.45, 7) is 0. The SMILES string of the molecule is O=C([O-])c1ccc2c(c1)cc([N+](=O)[O-])c1ccncc12.[Na+]. The molecule has 98 valence electrons. The Balaban J connectivity index is 0.00000161. The minimum Gasteiger partial charge on any atom is -0.545 e. The fourth-order valence-corrected chi connectivity index (χ4v) is 2.26. The first-order valence-electron chi connectivity index (χ1n) is 5.74. The number of pyridine rings is 1. The van der Waals surface area contributed by atoms with Crippen LogP contribution in [0.5, 0.6) is 0 Å². The molecular weight excluding hydrogens is 283 g/mol. The summed E-state index contributed by atoms with van der Waals surface area (Å²) in [5, 5.41) is 24.3. The molecule has 0 radical (unpaired) electrons. The first kappa shape index (κ1) is 15.4. The van der Waals surface area contributed by atoms with Crippen LogP contribution in [0.4, 0.5) is 5.69 Å². The normalized spacial score (nSPS) is 10.3. The molecular formula is C14H7N2NaO4. The number of rotatable bonds is 2. The summed E-state index contributed by atoms with van der Waals surface area (Å²) in [7, 11) is 0. The number of hydrogen-bond acceptors (Lipinski definition) is 5. The number of nitro benzene ring substituents is 1. The largest absolute Gasteiger partial charge is 1.00 e. The van der Waals surface area contributed by atoms with Crippen LogP contribution in [0.25, 0.3) is 21.5 Å². The molecule has 1 heterocycles. The summed E-state index contributed by atoms with van der Waals surface area (Å²) in [4.78, 5) is 25.5. The maximum atomic E-state index is 11.1. The molecule has 7 heteroatoms. The molecule has 0 spiro atoms. The number of hydrogen-bond donors (Lipinski definition) is 0. The van der Waals surface area contributed by atoms with Crippen molar-refractivity contribution in [1.29, 1.82) is 0 Å². The van der Waals surface area contributed by atoms with Gasteiger partial charge in [-0.1, -0.05) is 12.1 Å². The van der Waals surface area contributed by atoms with Gasteiger partial charge in [0.05, 0.1) is 16.3 Å². The Morgan fingerprint density at radius 1 is 1.10 bits per heavy atom. The molecule has 0 fully saturated rings. The molecule has 0 aliphatic carbocycles. The van der Waals surface area contributed by atoms with E-state index in [-0.39, 0.29) is 40.8 Å². The number of carboxylic acids is 1. The Bertz CT molecular complexity index is 879. The number of benzene rings is 2. The molecule has 0 aliphatic rings. The van der Waals surface area contributed by atoms with Crippen molar-refractivity contribution in [3.63, 3.8) is 0 Å². The van der Waals surface area contributed by atoms with Gasteiger partial charge in [-0.25, -0.2) is 0 Å². The third kappa shape index (κ3) is 2.61. The van der Waals surface area contributed by atoms with Crippen LogP contribution in [0.15, 0.2) is 42.7 Å². The number of carboxylic acid groups (broad SMARTS) is 1. The first-order valence-corrected chi connectivity index (χ1v) is 5.74. The summed E-state index contributed by atoms with van der Waals surface area (Å²) >= 11 is 0. The van der Waals surface area contributed by atoms with Gasteiger partial charge < -0.3 is 9.90 Å². The van der Waals surface area contributed by atoms with Crippen LogP contribution in [-0.4, -0.2) is 15.9 Å². The molecule has 0 amide bonds. The average molecular weight is 290 g/mol. The van der Waals surface area contributed by atoms with Gasteiger partial charge in [0, 0.05) is 23.8 Å². The molecule has 3 aromatic rings. The van der Waals surface area contributed by atoms with Crippen molar-refractivity contribution >= 4 is 33.2 Å². The number of carbonyl (C=O) groups excluding carboxylic acids is 1. The molecule has 6 nitrogen and oxygen atoms in total. The molecule has 0 bridgehead atoms. The van der Waals surface area contributed by atoms with Gasteiger partial charge in [0.1, 0.15) is 0 Å². The maximum Gasteiger partial charge on any atom is 1.00 e. The van der Waals surface area contributed by atoms with Gasteiger partial charge >= 0.3 is 29.6 Å². The summed E-state index contributed by atoms with van der Waals surface area (Å²) in [6, 6.07) is 7.32. The zero-order valence-corrected chi connectivity index (χ0v) is 13.1. The first-order chi connectivity index (χ1) is 9.58. The number of aromatic nitrogens is 1. The topological polar surface area (TPSA) is 96.2 Å². The fraction of sp³-hybridized carbons (Fsp3) is 0. The van der Waals surface area contributed by atoms with Crippen molar-refractivity contribution in [1.82, 2.24) is 4.98 Å². The van der Waals surface area contributed by atoms with E-state index in [2.05, 4.69) is 4.98 Å². The third-order valence-corrected chi connectivity index (χ3v) is 3.16. The van der Waals surface area contributed by atoms with Gasteiger partial charge in [-0.05, 0) is 28.5 Å². The zero-order chi connectivity index (χ0) is 14.3. The van der Waals surface area contributed by atoms with Crippen LogP contribution in [-0.2, 0) is 0 Å². The molecule has 0 atom stereocenters. The van der Waals surface area contributed by atoms with Gasteiger partial charge in [-0.2, -0.15) is 0 Å². The second-order valence-electron chi connectivity index (χ2n) is 4.30. The van der Waals surface area contributed by atoms with Gasteiger partial charge in [0.2, 0.25) is 0 Å². The number of nitro groups is 1. The summed E-state index contributed by atoms with van der Waals surface area (Å²) in [5.41, 5.74) is -0.0968. The Labute approximate surface area is 140 Å². The van der Waals surface area contributed by atoms with E-state index < -0.39 is 10.9 Å². The molecule has 0 N–H and O–H groups in total. The molecule has 0 aliphatic heterocycles. The van der Waals surface area contributed by atoms with Gasteiger partial charge in [0.25, 0.3) is 5.69 Å². The molecule has 0 saturated heterocycles. The van der Waals surface area contributed by atoms with Crippen LogP contribution in [0.1, 0.15) is 10.4 Å². The molecule has 2 aromatic carbocycles. The van der Waals surface area contributed by atoms with Crippen LogP contribution in [0, 0.1) is 10.1 Å². The van der Waals surface area contributed by atoms with Crippen LogP contribution >= 0.6 is 0 Å². The molecule has 0 unspecified atom stereocenters. The third-order valence-electron chi connectivity index (χ3n) is 3.16. The smallest absolute Gasteiger partial charge is 0.545 e. The van der Waals surface area contributed by atoms with E-state index in [4.69, 9.17) is 0 Å². The van der Waals surface area contributed by atoms with E-state index in [1.54, 1.807) is 12.1 Å². The summed E-state index contributed by atoms with van der Waals surface area (Å²) in [6.07, 6.45) is 3.01. The van der Waals surface area contributed by atoms with Crippen LogP contribution in [0.3, 0.4) is 0 Å². The minimum absolute atomic E-state index is 0. The second-order valence-corrected chi connectivity index (χ2v) is 4.30.